The van der Waals surface area contributed by atoms with Crippen molar-refractivity contribution in [2.75, 3.05) is 50.7 Å². The zero-order chi connectivity index (χ0) is 19.1. The van der Waals surface area contributed by atoms with Gasteiger partial charge in [0.2, 0.25) is 0 Å². The molecule has 3 rings (SSSR count). The summed E-state index contributed by atoms with van der Waals surface area (Å²) in [6, 6.07) is 6.57. The van der Waals surface area contributed by atoms with Crippen molar-refractivity contribution in [2.45, 2.75) is 32.6 Å². The van der Waals surface area contributed by atoms with Gasteiger partial charge < -0.3 is 20.4 Å². The van der Waals surface area contributed by atoms with E-state index in [0.29, 0.717) is 24.9 Å². The van der Waals surface area contributed by atoms with Crippen LogP contribution in [0.3, 0.4) is 0 Å². The van der Waals surface area contributed by atoms with Gasteiger partial charge in [-0.15, -0.1) is 0 Å². The second-order valence-corrected chi connectivity index (χ2v) is 8.13. The number of urea groups is 1. The van der Waals surface area contributed by atoms with Gasteiger partial charge in [-0.05, 0) is 68.5 Å². The average molecular weight is 377 g/mol. The highest BCUT2D eigenvalue weighted by Crippen LogP contribution is 2.23. The summed E-state index contributed by atoms with van der Waals surface area (Å²) in [7, 11) is 0. The van der Waals surface area contributed by atoms with Crippen LogP contribution in [0.5, 0.6) is 0 Å². The minimum absolute atomic E-state index is 0.0688. The number of carbonyl (C=O) groups is 1. The van der Waals surface area contributed by atoms with E-state index in [-0.39, 0.29) is 11.8 Å². The van der Waals surface area contributed by atoms with Crippen molar-refractivity contribution >= 4 is 11.7 Å². The predicted molar refractivity (Wildman–Crippen MR) is 108 cm³/mol. The Hall–Kier alpha value is -1.82. The lowest BCUT2D eigenvalue weighted by molar-refractivity contribution is 0.197. The summed E-state index contributed by atoms with van der Waals surface area (Å²) in [5, 5.41) is 6.03. The van der Waals surface area contributed by atoms with Gasteiger partial charge in [-0.25, -0.2) is 9.18 Å². The molecule has 0 radical (unpaired) electrons. The molecule has 2 heterocycles. The summed E-state index contributed by atoms with van der Waals surface area (Å²) >= 11 is 0. The fourth-order valence-corrected chi connectivity index (χ4v) is 4.10. The van der Waals surface area contributed by atoms with E-state index in [4.69, 9.17) is 0 Å². The van der Waals surface area contributed by atoms with Crippen LogP contribution in [0.1, 0.15) is 32.6 Å². The van der Waals surface area contributed by atoms with E-state index >= 15 is 0 Å². The number of piperidine rings is 1. The number of likely N-dealkylation sites (tertiary alicyclic amines) is 1. The largest absolute Gasteiger partial charge is 0.371 e. The van der Waals surface area contributed by atoms with Crippen LogP contribution in [-0.4, -0.2) is 56.7 Å². The molecule has 0 bridgehead atoms. The topological polar surface area (TPSA) is 47.6 Å². The van der Waals surface area contributed by atoms with Crippen LogP contribution < -0.4 is 15.5 Å². The normalized spacial score (nSPS) is 21.9. The van der Waals surface area contributed by atoms with Crippen LogP contribution in [-0.2, 0) is 0 Å². The van der Waals surface area contributed by atoms with E-state index in [1.807, 2.05) is 12.1 Å². The molecule has 0 aromatic heterocycles. The zero-order valence-electron chi connectivity index (χ0n) is 16.4. The first-order valence-corrected chi connectivity index (χ1v) is 10.3. The second kappa shape index (κ2) is 9.93. The molecule has 0 unspecified atom stereocenters. The molecule has 2 N–H and O–H groups in total. The molecule has 6 heteroatoms. The second-order valence-electron chi connectivity index (χ2n) is 8.13. The Morgan fingerprint density at radius 3 is 2.63 bits per heavy atom. The molecule has 2 atom stereocenters. The number of rotatable bonds is 7. The minimum Gasteiger partial charge on any atom is -0.371 e. The number of nitrogens with zero attached hydrogens (tertiary/aromatic N) is 2. The van der Waals surface area contributed by atoms with Crippen molar-refractivity contribution in [2.24, 2.45) is 11.8 Å². The van der Waals surface area contributed by atoms with Crippen molar-refractivity contribution < 1.29 is 9.18 Å². The number of amides is 2. The fraction of sp³-hybridized carbons (Fsp3) is 0.667. The van der Waals surface area contributed by atoms with Crippen molar-refractivity contribution in [1.29, 1.82) is 0 Å². The highest BCUT2D eigenvalue weighted by molar-refractivity contribution is 5.73. The Morgan fingerprint density at radius 1 is 1.15 bits per heavy atom. The first-order chi connectivity index (χ1) is 13.1. The molecule has 2 amide bonds. The van der Waals surface area contributed by atoms with Gasteiger partial charge in [0.05, 0.1) is 0 Å². The van der Waals surface area contributed by atoms with E-state index in [1.165, 1.54) is 44.5 Å². The Balaban J connectivity index is 1.30. The average Bonchev–Trinajstić information content (AvgIpc) is 3.15. The molecular formula is C21H33FN4O. The van der Waals surface area contributed by atoms with Gasteiger partial charge in [0.1, 0.15) is 5.82 Å². The molecule has 5 nitrogen and oxygen atoms in total. The molecule has 1 aromatic carbocycles. The highest BCUT2D eigenvalue weighted by Gasteiger charge is 2.23. The van der Waals surface area contributed by atoms with E-state index < -0.39 is 0 Å². The highest BCUT2D eigenvalue weighted by atomic mass is 19.1. The number of halogens is 1. The SMILES string of the molecule is C[C@H](CNC(=O)NC[C@H]1CCN(c2ccc(F)cc2)C1)CN1CCCCC1. The summed E-state index contributed by atoms with van der Waals surface area (Å²) in [4.78, 5) is 16.9. The lowest BCUT2D eigenvalue weighted by Gasteiger charge is -2.29. The molecular weight excluding hydrogens is 343 g/mol. The van der Waals surface area contributed by atoms with Gasteiger partial charge in [0.15, 0.2) is 0 Å². The number of hydrogen-bond acceptors (Lipinski definition) is 3. The molecule has 2 aliphatic rings. The van der Waals surface area contributed by atoms with Gasteiger partial charge in [-0.3, -0.25) is 0 Å². The third-order valence-electron chi connectivity index (χ3n) is 5.66. The van der Waals surface area contributed by atoms with Gasteiger partial charge in [-0.1, -0.05) is 13.3 Å². The summed E-state index contributed by atoms with van der Waals surface area (Å²) < 4.78 is 13.0. The van der Waals surface area contributed by atoms with Gasteiger partial charge in [0.25, 0.3) is 0 Å². The summed E-state index contributed by atoms with van der Waals surface area (Å²) in [6.45, 7) is 8.91. The van der Waals surface area contributed by atoms with Crippen LogP contribution in [0.4, 0.5) is 14.9 Å². The van der Waals surface area contributed by atoms with Gasteiger partial charge in [-0.2, -0.15) is 0 Å². The number of hydrogen-bond donors (Lipinski definition) is 2. The first-order valence-electron chi connectivity index (χ1n) is 10.3. The van der Waals surface area contributed by atoms with Crippen LogP contribution in [0, 0.1) is 17.7 Å². The Kier molecular flexibility index (Phi) is 7.33. The summed E-state index contributed by atoms with van der Waals surface area (Å²) in [6.07, 6.45) is 5.00. The lowest BCUT2D eigenvalue weighted by Crippen LogP contribution is -2.42. The molecule has 1 aromatic rings. The molecule has 150 valence electrons. The molecule has 2 fully saturated rings. The monoisotopic (exact) mass is 376 g/mol. The Bertz CT molecular complexity index is 588. The standard InChI is InChI=1S/C21H33FN4O/c1-17(15-25-10-3-2-4-11-25)13-23-21(27)24-14-18-9-12-26(16-18)20-7-5-19(22)6-8-20/h5-8,17-18H,2-4,9-16H2,1H3,(H2,23,24,27)/t17-,18-/m1/s1. The third kappa shape index (κ3) is 6.38. The van der Waals surface area contributed by atoms with Crippen LogP contribution >= 0.6 is 0 Å². The van der Waals surface area contributed by atoms with Crippen LogP contribution in [0.15, 0.2) is 24.3 Å². The van der Waals surface area contributed by atoms with Crippen molar-refractivity contribution in [3.8, 4) is 0 Å². The molecule has 2 saturated heterocycles. The molecule has 27 heavy (non-hydrogen) atoms. The minimum atomic E-state index is -0.206. The maximum Gasteiger partial charge on any atom is 0.314 e. The maximum atomic E-state index is 13.0. The molecule has 0 saturated carbocycles. The van der Waals surface area contributed by atoms with Crippen molar-refractivity contribution in [1.82, 2.24) is 15.5 Å². The zero-order valence-corrected chi connectivity index (χ0v) is 16.4. The number of carbonyl (C=O) groups excluding carboxylic acids is 1. The maximum absolute atomic E-state index is 13.0. The Morgan fingerprint density at radius 2 is 1.89 bits per heavy atom. The van der Waals surface area contributed by atoms with Crippen molar-refractivity contribution in [3.05, 3.63) is 30.1 Å². The van der Waals surface area contributed by atoms with Gasteiger partial charge in [0, 0.05) is 38.4 Å². The van der Waals surface area contributed by atoms with E-state index in [0.717, 1.165) is 31.7 Å². The van der Waals surface area contributed by atoms with Crippen molar-refractivity contribution in [3.63, 3.8) is 0 Å². The van der Waals surface area contributed by atoms with Crippen LogP contribution in [0.2, 0.25) is 0 Å². The summed E-state index contributed by atoms with van der Waals surface area (Å²) in [5.74, 6) is 0.697. The number of anilines is 1. The number of benzene rings is 1. The Labute approximate surface area is 162 Å². The van der Waals surface area contributed by atoms with Gasteiger partial charge >= 0.3 is 6.03 Å². The molecule has 0 aliphatic carbocycles. The molecule has 0 spiro atoms. The van der Waals surface area contributed by atoms with E-state index in [9.17, 15) is 9.18 Å². The quantitative estimate of drug-likeness (QED) is 0.769. The lowest BCUT2D eigenvalue weighted by atomic mass is 10.1. The summed E-state index contributed by atoms with van der Waals surface area (Å²) in [5.41, 5.74) is 1.05. The third-order valence-corrected chi connectivity index (χ3v) is 5.66. The van der Waals surface area contributed by atoms with E-state index in [2.05, 4.69) is 27.4 Å². The smallest absolute Gasteiger partial charge is 0.314 e. The van der Waals surface area contributed by atoms with Crippen LogP contribution in [0.25, 0.3) is 0 Å². The molecule has 2 aliphatic heterocycles. The predicted octanol–water partition coefficient (Wildman–Crippen LogP) is 3.07. The fourth-order valence-electron chi connectivity index (χ4n) is 4.10. The first kappa shape index (κ1) is 19.9. The number of nitrogens with one attached hydrogen (secondary N) is 2. The van der Waals surface area contributed by atoms with E-state index in [1.54, 1.807) is 0 Å².